The maximum absolute atomic E-state index is 13.1. The van der Waals surface area contributed by atoms with Gasteiger partial charge in [-0.25, -0.2) is 9.79 Å². The Morgan fingerprint density at radius 1 is 1.31 bits per heavy atom. The van der Waals surface area contributed by atoms with Crippen LogP contribution in [-0.4, -0.2) is 77.2 Å². The Balaban J connectivity index is 1.68. The molecule has 2 atom stereocenters. The molecule has 3 aliphatic rings. The zero-order chi connectivity index (χ0) is 20.9. The summed E-state index contributed by atoms with van der Waals surface area (Å²) in [5, 5.41) is 9.56. The van der Waals surface area contributed by atoms with E-state index in [4.69, 9.17) is 26.4 Å². The van der Waals surface area contributed by atoms with E-state index in [0.717, 1.165) is 11.4 Å². The number of halogens is 1. The summed E-state index contributed by atoms with van der Waals surface area (Å²) in [4.78, 5) is 36.8. The van der Waals surface area contributed by atoms with Crippen LogP contribution in [0.5, 0.6) is 5.75 Å². The van der Waals surface area contributed by atoms with E-state index < -0.39 is 18.2 Å². The van der Waals surface area contributed by atoms with E-state index in [9.17, 15) is 9.59 Å². The van der Waals surface area contributed by atoms with Gasteiger partial charge in [-0.05, 0) is 31.5 Å². The standard InChI is InChI=1S/C19H22ClN5O4/c1-11-10-24-15-16(22(2)19(28)23(17(15)27)7-4-8-26)21-18(24)25(11)12-5-6-14(29-3)13(20)9-12/h5-6,9-10,15-16,26H,4,7-8H2,1-3H3. The first kappa shape index (κ1) is 19.5. The molecule has 3 heterocycles. The molecule has 1 saturated heterocycles. The Bertz CT molecular complexity index is 933. The Morgan fingerprint density at radius 3 is 2.72 bits per heavy atom. The molecule has 9 nitrogen and oxygen atoms in total. The molecule has 0 bridgehead atoms. The van der Waals surface area contributed by atoms with E-state index in [1.807, 2.05) is 24.1 Å². The van der Waals surface area contributed by atoms with Crippen LogP contribution in [0.4, 0.5) is 10.5 Å². The molecule has 1 fully saturated rings. The number of aliphatic imine (C=N–C) groups is 1. The van der Waals surface area contributed by atoms with Crippen molar-refractivity contribution in [3.05, 3.63) is 35.1 Å². The SMILES string of the molecule is COc1ccc(N2C(C)=CN3C2=NC2C3C(=O)N(CCCO)C(=O)N2C)cc1Cl. The lowest BCUT2D eigenvalue weighted by atomic mass is 10.1. The molecule has 2 unspecified atom stereocenters. The van der Waals surface area contributed by atoms with E-state index >= 15 is 0 Å². The number of fused-ring (bicyclic) bond motifs is 3. The number of carbonyl (C=O) groups is 2. The summed E-state index contributed by atoms with van der Waals surface area (Å²) in [7, 11) is 3.19. The number of allylic oxidation sites excluding steroid dienone is 1. The van der Waals surface area contributed by atoms with Gasteiger partial charge in [0.15, 0.2) is 12.2 Å². The van der Waals surface area contributed by atoms with Gasteiger partial charge in [0.1, 0.15) is 5.75 Å². The third-order valence-electron chi connectivity index (χ3n) is 5.32. The van der Waals surface area contributed by atoms with Crippen molar-refractivity contribution in [1.29, 1.82) is 0 Å². The van der Waals surface area contributed by atoms with Gasteiger partial charge < -0.3 is 19.6 Å². The number of ether oxygens (including phenoxy) is 1. The largest absolute Gasteiger partial charge is 0.495 e. The summed E-state index contributed by atoms with van der Waals surface area (Å²) in [6.07, 6.45) is 1.57. The van der Waals surface area contributed by atoms with Crippen molar-refractivity contribution in [2.75, 3.05) is 32.2 Å². The van der Waals surface area contributed by atoms with Gasteiger partial charge in [-0.2, -0.15) is 0 Å². The van der Waals surface area contributed by atoms with Crippen molar-refractivity contribution in [1.82, 2.24) is 14.7 Å². The molecule has 0 aliphatic carbocycles. The maximum Gasteiger partial charge on any atom is 0.328 e. The van der Waals surface area contributed by atoms with Crippen LogP contribution in [0, 0.1) is 0 Å². The van der Waals surface area contributed by atoms with E-state index in [2.05, 4.69) is 0 Å². The number of imide groups is 1. The van der Waals surface area contributed by atoms with Gasteiger partial charge in [0, 0.05) is 32.1 Å². The minimum Gasteiger partial charge on any atom is -0.495 e. The van der Waals surface area contributed by atoms with Gasteiger partial charge in [-0.3, -0.25) is 14.6 Å². The lowest BCUT2D eigenvalue weighted by molar-refractivity contribution is -0.136. The van der Waals surface area contributed by atoms with Crippen LogP contribution < -0.4 is 9.64 Å². The smallest absolute Gasteiger partial charge is 0.328 e. The second kappa shape index (κ2) is 7.23. The van der Waals surface area contributed by atoms with E-state index in [1.54, 1.807) is 31.2 Å². The van der Waals surface area contributed by atoms with Crippen LogP contribution in [0.2, 0.25) is 5.02 Å². The number of methoxy groups -OCH3 is 1. The highest BCUT2D eigenvalue weighted by Gasteiger charge is 2.54. The topological polar surface area (TPSA) is 88.9 Å². The average Bonchev–Trinajstić information content (AvgIpc) is 3.20. The number of hydrogen-bond donors (Lipinski definition) is 1. The number of urea groups is 1. The lowest BCUT2D eigenvalue weighted by Gasteiger charge is -2.40. The fourth-order valence-electron chi connectivity index (χ4n) is 3.90. The molecule has 10 heteroatoms. The predicted octanol–water partition coefficient (Wildman–Crippen LogP) is 1.67. The molecule has 29 heavy (non-hydrogen) atoms. The lowest BCUT2D eigenvalue weighted by Crippen LogP contribution is -2.64. The Morgan fingerprint density at radius 2 is 2.07 bits per heavy atom. The molecule has 0 radical (unpaired) electrons. The van der Waals surface area contributed by atoms with E-state index in [1.165, 1.54) is 9.80 Å². The summed E-state index contributed by atoms with van der Waals surface area (Å²) in [6.45, 7) is 2.00. The first-order valence-electron chi connectivity index (χ1n) is 9.26. The third-order valence-corrected chi connectivity index (χ3v) is 5.62. The van der Waals surface area contributed by atoms with Gasteiger partial charge in [0.25, 0.3) is 5.91 Å². The molecule has 3 aliphatic heterocycles. The number of rotatable bonds is 5. The molecular formula is C19H22ClN5O4. The zero-order valence-corrected chi connectivity index (χ0v) is 17.1. The van der Waals surface area contributed by atoms with Gasteiger partial charge in [-0.15, -0.1) is 0 Å². The summed E-state index contributed by atoms with van der Waals surface area (Å²) in [6, 6.07) is 4.36. The molecule has 0 aromatic heterocycles. The van der Waals surface area contributed by atoms with Crippen molar-refractivity contribution in [3.8, 4) is 5.75 Å². The Kier molecular flexibility index (Phi) is 4.87. The highest BCUT2D eigenvalue weighted by Crippen LogP contribution is 2.38. The monoisotopic (exact) mass is 419 g/mol. The van der Waals surface area contributed by atoms with Crippen molar-refractivity contribution >= 4 is 35.2 Å². The molecule has 1 aromatic carbocycles. The first-order chi connectivity index (χ1) is 13.9. The summed E-state index contributed by atoms with van der Waals surface area (Å²) < 4.78 is 5.22. The van der Waals surface area contributed by atoms with Crippen LogP contribution in [-0.2, 0) is 4.79 Å². The van der Waals surface area contributed by atoms with Gasteiger partial charge >= 0.3 is 6.03 Å². The molecule has 1 aromatic rings. The molecule has 0 spiro atoms. The molecule has 1 N–H and O–H groups in total. The minimum absolute atomic E-state index is 0.0919. The van der Waals surface area contributed by atoms with Crippen LogP contribution in [0.15, 0.2) is 35.1 Å². The highest BCUT2D eigenvalue weighted by atomic mass is 35.5. The number of aliphatic hydroxyl groups excluding tert-OH is 1. The number of nitrogens with zero attached hydrogens (tertiary/aromatic N) is 5. The Labute approximate surface area is 173 Å². The minimum atomic E-state index is -0.639. The average molecular weight is 420 g/mol. The Hall–Kier alpha value is -2.78. The molecule has 0 saturated carbocycles. The predicted molar refractivity (Wildman–Crippen MR) is 108 cm³/mol. The molecule has 3 amide bonds. The number of guanidine groups is 1. The van der Waals surface area contributed by atoms with Crippen molar-refractivity contribution in [3.63, 3.8) is 0 Å². The third kappa shape index (κ3) is 2.92. The maximum atomic E-state index is 13.1. The van der Waals surface area contributed by atoms with E-state index in [-0.39, 0.29) is 19.1 Å². The summed E-state index contributed by atoms with van der Waals surface area (Å²) in [5.74, 6) is 0.815. The molecule has 4 rings (SSSR count). The number of aliphatic hydroxyl groups is 1. The number of hydrogen-bond acceptors (Lipinski definition) is 7. The van der Waals surface area contributed by atoms with Crippen LogP contribution in [0.25, 0.3) is 0 Å². The van der Waals surface area contributed by atoms with Crippen LogP contribution in [0.1, 0.15) is 13.3 Å². The van der Waals surface area contributed by atoms with Crippen molar-refractivity contribution < 1.29 is 19.4 Å². The number of amides is 3. The normalized spacial score (nSPS) is 23.3. The fraction of sp³-hybridized carbons (Fsp3) is 0.421. The van der Waals surface area contributed by atoms with Crippen LogP contribution in [0.3, 0.4) is 0 Å². The second-order valence-corrected chi connectivity index (χ2v) is 7.49. The van der Waals surface area contributed by atoms with E-state index in [0.29, 0.717) is 23.2 Å². The number of anilines is 1. The highest BCUT2D eigenvalue weighted by molar-refractivity contribution is 6.32. The van der Waals surface area contributed by atoms with Crippen molar-refractivity contribution in [2.24, 2.45) is 4.99 Å². The quantitative estimate of drug-likeness (QED) is 0.781. The fourth-order valence-corrected chi connectivity index (χ4v) is 4.15. The van der Waals surface area contributed by atoms with Gasteiger partial charge in [0.2, 0.25) is 5.96 Å². The summed E-state index contributed by atoms with van der Waals surface area (Å²) in [5.41, 5.74) is 1.65. The zero-order valence-electron chi connectivity index (χ0n) is 16.4. The number of likely N-dealkylation sites (N-methyl/N-ethyl adjacent to an activating group) is 1. The molecular weight excluding hydrogens is 398 g/mol. The number of carbonyl (C=O) groups excluding carboxylic acids is 2. The van der Waals surface area contributed by atoms with Gasteiger partial charge in [0.05, 0.1) is 17.8 Å². The van der Waals surface area contributed by atoms with Crippen molar-refractivity contribution in [2.45, 2.75) is 25.6 Å². The summed E-state index contributed by atoms with van der Waals surface area (Å²) >= 11 is 6.29. The molecule has 154 valence electrons. The van der Waals surface area contributed by atoms with Gasteiger partial charge in [-0.1, -0.05) is 11.6 Å². The second-order valence-electron chi connectivity index (χ2n) is 7.08. The van der Waals surface area contributed by atoms with Crippen LogP contribution >= 0.6 is 11.6 Å². The first-order valence-corrected chi connectivity index (χ1v) is 9.64. The number of benzene rings is 1.